The Morgan fingerprint density at radius 1 is 1.05 bits per heavy atom. The smallest absolute Gasteiger partial charge is 0.182 e. The van der Waals surface area contributed by atoms with Crippen molar-refractivity contribution in [3.05, 3.63) is 47.5 Å². The van der Waals surface area contributed by atoms with E-state index in [1.54, 1.807) is 0 Å². The number of rotatable bonds is 1. The van der Waals surface area contributed by atoms with Crippen LogP contribution in [0.25, 0.3) is 0 Å². The highest BCUT2D eigenvalue weighted by Crippen LogP contribution is 2.23. The normalized spacial score (nSPS) is 15.0. The summed E-state index contributed by atoms with van der Waals surface area (Å²) in [5.74, 6) is 1.92. The first-order valence-corrected chi connectivity index (χ1v) is 6.61. The first-order valence-electron chi connectivity index (χ1n) is 6.61. The van der Waals surface area contributed by atoms with Crippen molar-refractivity contribution in [2.45, 2.75) is 32.7 Å². The molecule has 1 aromatic carbocycles. The summed E-state index contributed by atoms with van der Waals surface area (Å²) in [6, 6.07) is 10.2. The van der Waals surface area contributed by atoms with Crippen LogP contribution in [0.3, 0.4) is 0 Å². The average Bonchev–Trinajstić information content (AvgIpc) is 2.83. The third-order valence-electron chi connectivity index (χ3n) is 3.27. The molecule has 2 aromatic rings. The first-order chi connectivity index (χ1) is 9.07. The molecule has 0 saturated heterocycles. The van der Waals surface area contributed by atoms with Gasteiger partial charge in [-0.05, 0) is 0 Å². The van der Waals surface area contributed by atoms with Crippen molar-refractivity contribution in [2.24, 2.45) is 4.99 Å². The maximum Gasteiger partial charge on any atom is 0.182 e. The second kappa shape index (κ2) is 4.30. The van der Waals surface area contributed by atoms with E-state index < -0.39 is 0 Å². The van der Waals surface area contributed by atoms with Gasteiger partial charge < -0.3 is 4.57 Å². The van der Waals surface area contributed by atoms with Gasteiger partial charge in [0.15, 0.2) is 5.82 Å². The molecule has 1 aliphatic heterocycles. The summed E-state index contributed by atoms with van der Waals surface area (Å²) in [5.41, 5.74) is 2.07. The molecular formula is C15H18N4. The Morgan fingerprint density at radius 2 is 1.79 bits per heavy atom. The minimum Gasteiger partial charge on any atom is -0.307 e. The minimum absolute atomic E-state index is 0.00435. The molecule has 1 aliphatic rings. The quantitative estimate of drug-likeness (QED) is 0.784. The molecule has 0 spiro atoms. The van der Waals surface area contributed by atoms with Crippen LogP contribution >= 0.6 is 0 Å². The van der Waals surface area contributed by atoms with Gasteiger partial charge in [0, 0.05) is 17.5 Å². The van der Waals surface area contributed by atoms with E-state index in [2.05, 4.69) is 52.7 Å². The zero-order chi connectivity index (χ0) is 13.5. The lowest BCUT2D eigenvalue weighted by molar-refractivity contribution is 0.496. The zero-order valence-electron chi connectivity index (χ0n) is 11.6. The molecular weight excluding hydrogens is 236 g/mol. The fraction of sp³-hybridized carbons (Fsp3) is 0.400. The molecule has 19 heavy (non-hydrogen) atoms. The molecule has 4 heteroatoms. The molecule has 4 nitrogen and oxygen atoms in total. The summed E-state index contributed by atoms with van der Waals surface area (Å²) < 4.78 is 2.20. The molecule has 0 fully saturated rings. The summed E-state index contributed by atoms with van der Waals surface area (Å²) in [5, 5.41) is 8.74. The standard InChI is InChI=1S/C15H18N4/c1-15(2,3)14-18-17-13-12(16-9-10-19(13)14)11-7-5-4-6-8-11/h4-8H,9-10H2,1-3H3. The Labute approximate surface area is 113 Å². The molecule has 2 heterocycles. The van der Waals surface area contributed by atoms with Gasteiger partial charge in [0.2, 0.25) is 0 Å². The van der Waals surface area contributed by atoms with Crippen LogP contribution in [0, 0.1) is 0 Å². The highest BCUT2D eigenvalue weighted by atomic mass is 15.3. The van der Waals surface area contributed by atoms with E-state index >= 15 is 0 Å². The van der Waals surface area contributed by atoms with E-state index in [1.165, 1.54) is 0 Å². The van der Waals surface area contributed by atoms with Gasteiger partial charge in [-0.1, -0.05) is 51.1 Å². The molecule has 1 aromatic heterocycles. The fourth-order valence-corrected chi connectivity index (χ4v) is 2.39. The fourth-order valence-electron chi connectivity index (χ4n) is 2.39. The van der Waals surface area contributed by atoms with E-state index in [1.807, 2.05) is 18.2 Å². The second-order valence-electron chi connectivity index (χ2n) is 5.85. The largest absolute Gasteiger partial charge is 0.307 e. The van der Waals surface area contributed by atoms with E-state index in [9.17, 15) is 0 Å². The van der Waals surface area contributed by atoms with Crippen LogP contribution in [-0.2, 0) is 12.0 Å². The SMILES string of the molecule is CC(C)(C)c1nnc2n1CCN=C2c1ccccc1. The van der Waals surface area contributed by atoms with E-state index in [0.717, 1.165) is 36.0 Å². The van der Waals surface area contributed by atoms with Gasteiger partial charge in [-0.3, -0.25) is 4.99 Å². The second-order valence-corrected chi connectivity index (χ2v) is 5.85. The topological polar surface area (TPSA) is 43.1 Å². The summed E-state index contributed by atoms with van der Waals surface area (Å²) in [6.45, 7) is 8.15. The van der Waals surface area contributed by atoms with Crippen LogP contribution in [0.4, 0.5) is 0 Å². The Balaban J connectivity index is 2.10. The van der Waals surface area contributed by atoms with Gasteiger partial charge in [-0.2, -0.15) is 0 Å². The molecule has 0 unspecified atom stereocenters. The maximum absolute atomic E-state index is 4.63. The lowest BCUT2D eigenvalue weighted by atomic mass is 9.95. The highest BCUT2D eigenvalue weighted by molar-refractivity contribution is 6.11. The zero-order valence-corrected chi connectivity index (χ0v) is 11.6. The summed E-state index contributed by atoms with van der Waals surface area (Å²) in [6.07, 6.45) is 0. The number of benzene rings is 1. The monoisotopic (exact) mass is 254 g/mol. The summed E-state index contributed by atoms with van der Waals surface area (Å²) in [4.78, 5) is 4.63. The Morgan fingerprint density at radius 3 is 2.47 bits per heavy atom. The number of fused-ring (bicyclic) bond motifs is 1. The number of hydrogen-bond donors (Lipinski definition) is 0. The molecule has 0 amide bonds. The highest BCUT2D eigenvalue weighted by Gasteiger charge is 2.27. The van der Waals surface area contributed by atoms with Crippen LogP contribution in [0.1, 0.15) is 38.0 Å². The molecule has 0 bridgehead atoms. The first kappa shape index (κ1) is 12.1. The molecule has 0 radical (unpaired) electrons. The lowest BCUT2D eigenvalue weighted by Crippen LogP contribution is -2.26. The van der Waals surface area contributed by atoms with Crippen molar-refractivity contribution in [2.75, 3.05) is 6.54 Å². The van der Waals surface area contributed by atoms with Crippen molar-refractivity contribution in [3.63, 3.8) is 0 Å². The molecule has 0 atom stereocenters. The predicted octanol–water partition coefficient (Wildman–Crippen LogP) is 2.43. The van der Waals surface area contributed by atoms with Crippen LogP contribution in [0.2, 0.25) is 0 Å². The van der Waals surface area contributed by atoms with Gasteiger partial charge in [-0.15, -0.1) is 10.2 Å². The average molecular weight is 254 g/mol. The number of hydrogen-bond acceptors (Lipinski definition) is 3. The molecule has 3 rings (SSSR count). The van der Waals surface area contributed by atoms with Crippen molar-refractivity contribution in [1.82, 2.24) is 14.8 Å². The van der Waals surface area contributed by atoms with Gasteiger partial charge in [0.1, 0.15) is 11.5 Å². The minimum atomic E-state index is 0.00435. The van der Waals surface area contributed by atoms with Gasteiger partial charge in [-0.25, -0.2) is 0 Å². The number of nitrogens with zero attached hydrogens (tertiary/aromatic N) is 4. The van der Waals surface area contributed by atoms with Crippen LogP contribution in [0.5, 0.6) is 0 Å². The predicted molar refractivity (Wildman–Crippen MR) is 75.7 cm³/mol. The van der Waals surface area contributed by atoms with Gasteiger partial charge >= 0.3 is 0 Å². The summed E-state index contributed by atoms with van der Waals surface area (Å²) >= 11 is 0. The molecule has 0 saturated carbocycles. The number of aliphatic imine (C=N–C) groups is 1. The van der Waals surface area contributed by atoms with E-state index in [0.29, 0.717) is 0 Å². The van der Waals surface area contributed by atoms with E-state index in [4.69, 9.17) is 0 Å². The summed E-state index contributed by atoms with van der Waals surface area (Å²) in [7, 11) is 0. The third-order valence-corrected chi connectivity index (χ3v) is 3.27. The Kier molecular flexibility index (Phi) is 2.73. The van der Waals surface area contributed by atoms with Crippen molar-refractivity contribution in [1.29, 1.82) is 0 Å². The number of aromatic nitrogens is 3. The van der Waals surface area contributed by atoms with Crippen molar-refractivity contribution < 1.29 is 0 Å². The van der Waals surface area contributed by atoms with Crippen LogP contribution < -0.4 is 0 Å². The lowest BCUT2D eigenvalue weighted by Gasteiger charge is -2.22. The Hall–Kier alpha value is -1.97. The third kappa shape index (κ3) is 2.07. The molecule has 98 valence electrons. The maximum atomic E-state index is 4.63. The van der Waals surface area contributed by atoms with E-state index in [-0.39, 0.29) is 5.41 Å². The molecule has 0 aliphatic carbocycles. The van der Waals surface area contributed by atoms with Gasteiger partial charge in [0.05, 0.1) is 6.54 Å². The molecule has 0 N–H and O–H groups in total. The van der Waals surface area contributed by atoms with Crippen LogP contribution in [0.15, 0.2) is 35.3 Å². The Bertz CT molecular complexity index is 617. The van der Waals surface area contributed by atoms with Crippen molar-refractivity contribution >= 4 is 5.71 Å². The van der Waals surface area contributed by atoms with Crippen LogP contribution in [-0.4, -0.2) is 27.0 Å². The van der Waals surface area contributed by atoms with Gasteiger partial charge in [0.25, 0.3) is 0 Å². The van der Waals surface area contributed by atoms with Crippen molar-refractivity contribution in [3.8, 4) is 0 Å².